The molecule has 0 radical (unpaired) electrons. The molecule has 0 N–H and O–H groups in total. The second-order valence-corrected chi connectivity index (χ2v) is 5.61. The fourth-order valence-corrected chi connectivity index (χ4v) is 2.80. The molecule has 0 saturated carbocycles. The predicted octanol–water partition coefficient (Wildman–Crippen LogP) is 2.24. The zero-order valence-corrected chi connectivity index (χ0v) is 11.9. The average molecular weight is 248 g/mol. The van der Waals surface area contributed by atoms with Crippen molar-refractivity contribution in [1.82, 2.24) is 19.7 Å². The molecule has 18 heavy (non-hydrogen) atoms. The number of hydrogen-bond acceptors (Lipinski definition) is 3. The van der Waals surface area contributed by atoms with Crippen LogP contribution in [0, 0.1) is 11.8 Å². The lowest BCUT2D eigenvalue weighted by molar-refractivity contribution is 0.228. The van der Waals surface area contributed by atoms with E-state index in [2.05, 4.69) is 42.0 Å². The Bertz CT molecular complexity index is 421. The van der Waals surface area contributed by atoms with Crippen LogP contribution in [0.2, 0.25) is 0 Å². The van der Waals surface area contributed by atoms with E-state index in [4.69, 9.17) is 0 Å². The van der Waals surface area contributed by atoms with Crippen LogP contribution < -0.4 is 0 Å². The van der Waals surface area contributed by atoms with E-state index in [1.165, 1.54) is 12.8 Å². The third-order valence-electron chi connectivity index (χ3n) is 4.08. The van der Waals surface area contributed by atoms with Crippen molar-refractivity contribution in [2.75, 3.05) is 13.6 Å². The average Bonchev–Trinajstić information content (AvgIpc) is 2.70. The summed E-state index contributed by atoms with van der Waals surface area (Å²) < 4.78 is 1.85. The Morgan fingerprint density at radius 2 is 2.28 bits per heavy atom. The van der Waals surface area contributed by atoms with E-state index in [1.54, 1.807) is 11.9 Å². The number of aromatic nitrogens is 3. The van der Waals surface area contributed by atoms with E-state index >= 15 is 0 Å². The highest BCUT2D eigenvalue weighted by molar-refractivity contribution is 5.09. The number of rotatable bonds is 4. The van der Waals surface area contributed by atoms with Gasteiger partial charge in [0.15, 0.2) is 0 Å². The van der Waals surface area contributed by atoms with Crippen molar-refractivity contribution in [2.45, 2.75) is 33.2 Å². The Morgan fingerprint density at radius 1 is 1.50 bits per heavy atom. The first kappa shape index (κ1) is 13.3. The Hall–Kier alpha value is -1.16. The Labute approximate surface area is 110 Å². The topological polar surface area (TPSA) is 34.0 Å². The molecule has 0 amide bonds. The molecule has 1 aromatic heterocycles. The van der Waals surface area contributed by atoms with Crippen molar-refractivity contribution in [3.63, 3.8) is 0 Å². The summed E-state index contributed by atoms with van der Waals surface area (Å²) in [6, 6.07) is 0. The van der Waals surface area contributed by atoms with Crippen LogP contribution >= 0.6 is 0 Å². The standard InChI is InChI=1S/C14H24N4/c1-11-6-5-7-12(2)13(11)8-17(3)9-14-15-10-16-18(14)4/h6,10,12-13H,5,7-9H2,1-4H3/t12-,13-/m1/s1. The molecule has 0 aromatic carbocycles. The van der Waals surface area contributed by atoms with Crippen LogP contribution in [0.25, 0.3) is 0 Å². The summed E-state index contributed by atoms with van der Waals surface area (Å²) in [5, 5.41) is 4.11. The minimum atomic E-state index is 0.692. The van der Waals surface area contributed by atoms with Crippen LogP contribution in [0.5, 0.6) is 0 Å². The molecule has 0 saturated heterocycles. The van der Waals surface area contributed by atoms with Crippen molar-refractivity contribution >= 4 is 0 Å². The lowest BCUT2D eigenvalue weighted by Gasteiger charge is -2.32. The van der Waals surface area contributed by atoms with Crippen LogP contribution in [0.4, 0.5) is 0 Å². The lowest BCUT2D eigenvalue weighted by Crippen LogP contribution is -2.31. The minimum absolute atomic E-state index is 0.692. The van der Waals surface area contributed by atoms with Gasteiger partial charge in [0, 0.05) is 13.6 Å². The molecule has 1 heterocycles. The van der Waals surface area contributed by atoms with E-state index < -0.39 is 0 Å². The second-order valence-electron chi connectivity index (χ2n) is 5.61. The summed E-state index contributed by atoms with van der Waals surface area (Å²) in [5.41, 5.74) is 1.55. The first-order chi connectivity index (χ1) is 8.58. The molecular weight excluding hydrogens is 224 g/mol. The second kappa shape index (κ2) is 5.65. The van der Waals surface area contributed by atoms with Gasteiger partial charge in [0.1, 0.15) is 12.2 Å². The summed E-state index contributed by atoms with van der Waals surface area (Å²) in [5.74, 6) is 2.51. The highest BCUT2D eigenvalue weighted by atomic mass is 15.3. The van der Waals surface area contributed by atoms with Gasteiger partial charge in [0.2, 0.25) is 0 Å². The van der Waals surface area contributed by atoms with Gasteiger partial charge in [-0.15, -0.1) is 0 Å². The van der Waals surface area contributed by atoms with Gasteiger partial charge in [-0.3, -0.25) is 9.58 Å². The van der Waals surface area contributed by atoms with E-state index in [-0.39, 0.29) is 0 Å². The molecule has 4 nitrogen and oxygen atoms in total. The third kappa shape index (κ3) is 2.99. The van der Waals surface area contributed by atoms with E-state index in [0.29, 0.717) is 5.92 Å². The molecular formula is C14H24N4. The first-order valence-electron chi connectivity index (χ1n) is 6.76. The smallest absolute Gasteiger partial charge is 0.140 e. The summed E-state index contributed by atoms with van der Waals surface area (Å²) in [7, 11) is 4.12. The van der Waals surface area contributed by atoms with Crippen molar-refractivity contribution in [3.8, 4) is 0 Å². The highest BCUT2D eigenvalue weighted by Gasteiger charge is 2.23. The monoisotopic (exact) mass is 248 g/mol. The van der Waals surface area contributed by atoms with E-state index in [9.17, 15) is 0 Å². The summed E-state index contributed by atoms with van der Waals surface area (Å²) >= 11 is 0. The van der Waals surface area contributed by atoms with E-state index in [1.807, 2.05) is 11.7 Å². The van der Waals surface area contributed by atoms with Gasteiger partial charge < -0.3 is 0 Å². The molecule has 1 aromatic rings. The van der Waals surface area contributed by atoms with Crippen LogP contribution in [-0.4, -0.2) is 33.3 Å². The summed E-state index contributed by atoms with van der Waals surface area (Å²) in [4.78, 5) is 6.64. The van der Waals surface area contributed by atoms with Crippen molar-refractivity contribution in [1.29, 1.82) is 0 Å². The summed E-state index contributed by atoms with van der Waals surface area (Å²) in [6.07, 6.45) is 6.59. The van der Waals surface area contributed by atoms with Crippen molar-refractivity contribution in [3.05, 3.63) is 23.8 Å². The van der Waals surface area contributed by atoms with Crippen LogP contribution in [-0.2, 0) is 13.6 Å². The zero-order chi connectivity index (χ0) is 13.1. The molecule has 100 valence electrons. The van der Waals surface area contributed by atoms with Gasteiger partial charge in [0.25, 0.3) is 0 Å². The largest absolute Gasteiger partial charge is 0.298 e. The SMILES string of the molecule is CC1=CCC[C@@H](C)[C@@H]1CN(C)Cc1ncnn1C. The van der Waals surface area contributed by atoms with Crippen molar-refractivity contribution in [2.24, 2.45) is 18.9 Å². The fourth-order valence-electron chi connectivity index (χ4n) is 2.80. The molecule has 0 bridgehead atoms. The van der Waals surface area contributed by atoms with Crippen LogP contribution in [0.3, 0.4) is 0 Å². The summed E-state index contributed by atoms with van der Waals surface area (Å²) in [6.45, 7) is 6.62. The number of hydrogen-bond donors (Lipinski definition) is 0. The minimum Gasteiger partial charge on any atom is -0.298 e. The Morgan fingerprint density at radius 3 is 2.89 bits per heavy atom. The van der Waals surface area contributed by atoms with Gasteiger partial charge in [-0.25, -0.2) is 4.98 Å². The highest BCUT2D eigenvalue weighted by Crippen LogP contribution is 2.30. The van der Waals surface area contributed by atoms with Gasteiger partial charge in [-0.1, -0.05) is 18.6 Å². The third-order valence-corrected chi connectivity index (χ3v) is 4.08. The molecule has 4 heteroatoms. The Balaban J connectivity index is 1.94. The maximum Gasteiger partial charge on any atom is 0.140 e. The van der Waals surface area contributed by atoms with Crippen molar-refractivity contribution < 1.29 is 0 Å². The molecule has 1 aliphatic rings. The molecule has 2 atom stereocenters. The maximum atomic E-state index is 4.28. The normalized spacial score (nSPS) is 24.4. The Kier molecular flexibility index (Phi) is 4.17. The number of aryl methyl sites for hydroxylation is 1. The van der Waals surface area contributed by atoms with Crippen LogP contribution in [0.1, 0.15) is 32.5 Å². The molecule has 0 fully saturated rings. The van der Waals surface area contributed by atoms with E-state index in [0.717, 1.165) is 24.8 Å². The number of nitrogens with zero attached hydrogens (tertiary/aromatic N) is 4. The van der Waals surface area contributed by atoms with Gasteiger partial charge in [-0.05, 0) is 38.6 Å². The quantitative estimate of drug-likeness (QED) is 0.766. The number of allylic oxidation sites excluding steroid dienone is 1. The van der Waals surface area contributed by atoms with Gasteiger partial charge >= 0.3 is 0 Å². The van der Waals surface area contributed by atoms with Gasteiger partial charge in [0.05, 0.1) is 6.54 Å². The first-order valence-corrected chi connectivity index (χ1v) is 6.76. The van der Waals surface area contributed by atoms with Gasteiger partial charge in [-0.2, -0.15) is 5.10 Å². The molecule has 0 unspecified atom stereocenters. The van der Waals surface area contributed by atoms with Crippen LogP contribution in [0.15, 0.2) is 18.0 Å². The lowest BCUT2D eigenvalue weighted by atomic mass is 9.80. The predicted molar refractivity (Wildman–Crippen MR) is 73.0 cm³/mol. The molecule has 1 aliphatic carbocycles. The zero-order valence-electron chi connectivity index (χ0n) is 11.9. The fraction of sp³-hybridized carbons (Fsp3) is 0.714. The molecule has 0 aliphatic heterocycles. The molecule has 0 spiro atoms. The maximum absolute atomic E-state index is 4.28. The molecule has 2 rings (SSSR count).